The van der Waals surface area contributed by atoms with Crippen molar-refractivity contribution < 1.29 is 13.2 Å². The van der Waals surface area contributed by atoms with E-state index in [4.69, 9.17) is 0 Å². The molecule has 1 N–H and O–H groups in total. The van der Waals surface area contributed by atoms with Crippen LogP contribution in [-0.2, 0) is 19.3 Å². The molecule has 0 aliphatic heterocycles. The number of aryl methyl sites for hydroxylation is 2. The van der Waals surface area contributed by atoms with E-state index in [0.717, 1.165) is 49.2 Å². The van der Waals surface area contributed by atoms with Gasteiger partial charge in [-0.1, -0.05) is 6.42 Å². The van der Waals surface area contributed by atoms with E-state index in [1.807, 2.05) is 6.92 Å². The number of anilines is 1. The van der Waals surface area contributed by atoms with Gasteiger partial charge in [0.2, 0.25) is 0 Å². The molecular weight excluding hydrogens is 267 g/mol. The van der Waals surface area contributed by atoms with Crippen molar-refractivity contribution in [3.8, 4) is 0 Å². The fourth-order valence-electron chi connectivity index (χ4n) is 2.50. The average molecular weight is 287 g/mol. The van der Waals surface area contributed by atoms with Gasteiger partial charge >= 0.3 is 6.18 Å². The van der Waals surface area contributed by atoms with Gasteiger partial charge in [-0.15, -0.1) is 0 Å². The van der Waals surface area contributed by atoms with Gasteiger partial charge < -0.3 is 5.32 Å². The first-order valence-electron chi connectivity index (χ1n) is 7.19. The molecule has 1 aliphatic carbocycles. The second-order valence-electron chi connectivity index (χ2n) is 5.12. The second kappa shape index (κ2) is 6.41. The Morgan fingerprint density at radius 3 is 2.55 bits per heavy atom. The third kappa shape index (κ3) is 4.08. The summed E-state index contributed by atoms with van der Waals surface area (Å²) in [6, 6.07) is 0. The highest BCUT2D eigenvalue weighted by atomic mass is 19.4. The van der Waals surface area contributed by atoms with Gasteiger partial charge in [0, 0.05) is 24.2 Å². The molecule has 112 valence electrons. The molecule has 0 bridgehead atoms. The minimum Gasteiger partial charge on any atom is -0.370 e. The third-order valence-electron chi connectivity index (χ3n) is 3.46. The van der Waals surface area contributed by atoms with E-state index in [-0.39, 0.29) is 6.42 Å². The van der Waals surface area contributed by atoms with Gasteiger partial charge in [0.1, 0.15) is 11.6 Å². The van der Waals surface area contributed by atoms with Crippen molar-refractivity contribution in [3.05, 3.63) is 17.1 Å². The standard InChI is InChI=1S/C14H20F3N3/c1-2-18-13-10-6-4-3-5-7-11(10)19-12(20-13)8-9-14(15,16)17/h2-9H2,1H3,(H,18,19,20). The molecule has 0 fully saturated rings. The van der Waals surface area contributed by atoms with Gasteiger partial charge in [-0.05, 0) is 32.6 Å². The molecule has 0 unspecified atom stereocenters. The van der Waals surface area contributed by atoms with E-state index in [2.05, 4.69) is 15.3 Å². The van der Waals surface area contributed by atoms with Crippen molar-refractivity contribution in [3.63, 3.8) is 0 Å². The Hall–Kier alpha value is -1.33. The lowest BCUT2D eigenvalue weighted by molar-refractivity contribution is -0.134. The molecule has 6 heteroatoms. The normalized spacial score (nSPS) is 15.6. The second-order valence-corrected chi connectivity index (χ2v) is 5.12. The zero-order chi connectivity index (χ0) is 14.6. The van der Waals surface area contributed by atoms with Crippen LogP contribution in [0.3, 0.4) is 0 Å². The topological polar surface area (TPSA) is 37.8 Å². The Balaban J connectivity index is 2.25. The number of hydrogen-bond donors (Lipinski definition) is 1. The van der Waals surface area contributed by atoms with Crippen LogP contribution in [0.15, 0.2) is 0 Å². The molecule has 0 aromatic carbocycles. The third-order valence-corrected chi connectivity index (χ3v) is 3.46. The Kier molecular flexibility index (Phi) is 4.83. The smallest absolute Gasteiger partial charge is 0.370 e. The summed E-state index contributed by atoms with van der Waals surface area (Å²) in [5, 5.41) is 3.17. The van der Waals surface area contributed by atoms with Gasteiger partial charge in [0.25, 0.3) is 0 Å². The molecule has 1 aliphatic rings. The number of aromatic nitrogens is 2. The van der Waals surface area contributed by atoms with Crippen LogP contribution in [0.4, 0.5) is 19.0 Å². The number of halogens is 3. The van der Waals surface area contributed by atoms with Gasteiger partial charge in [-0.2, -0.15) is 13.2 Å². The fraction of sp³-hybridized carbons (Fsp3) is 0.714. The molecule has 0 atom stereocenters. The molecule has 1 heterocycles. The van der Waals surface area contributed by atoms with Gasteiger partial charge in [0.05, 0.1) is 6.42 Å². The van der Waals surface area contributed by atoms with Gasteiger partial charge in [-0.25, -0.2) is 9.97 Å². The lowest BCUT2D eigenvalue weighted by Gasteiger charge is -2.14. The van der Waals surface area contributed by atoms with E-state index in [9.17, 15) is 13.2 Å². The molecule has 0 amide bonds. The molecule has 0 radical (unpaired) electrons. The first-order chi connectivity index (χ1) is 9.49. The van der Waals surface area contributed by atoms with Gasteiger partial charge in [0.15, 0.2) is 0 Å². The van der Waals surface area contributed by atoms with Crippen molar-refractivity contribution in [1.29, 1.82) is 0 Å². The first kappa shape index (κ1) is 15.1. The molecule has 2 rings (SSSR count). The lowest BCUT2D eigenvalue weighted by Crippen LogP contribution is -2.14. The number of nitrogens with one attached hydrogen (secondary N) is 1. The van der Waals surface area contributed by atoms with Crippen LogP contribution in [-0.4, -0.2) is 22.7 Å². The van der Waals surface area contributed by atoms with Crippen molar-refractivity contribution in [2.75, 3.05) is 11.9 Å². The number of fused-ring (bicyclic) bond motifs is 1. The van der Waals surface area contributed by atoms with Crippen LogP contribution in [0.25, 0.3) is 0 Å². The van der Waals surface area contributed by atoms with E-state index < -0.39 is 12.6 Å². The highest BCUT2D eigenvalue weighted by molar-refractivity contribution is 5.47. The minimum absolute atomic E-state index is 0.144. The number of nitrogens with zero attached hydrogens (tertiary/aromatic N) is 2. The van der Waals surface area contributed by atoms with E-state index in [1.165, 1.54) is 0 Å². The maximum Gasteiger partial charge on any atom is 0.389 e. The summed E-state index contributed by atoms with van der Waals surface area (Å²) in [5.41, 5.74) is 2.03. The summed E-state index contributed by atoms with van der Waals surface area (Å²) in [6.07, 6.45) is -0.127. The summed E-state index contributed by atoms with van der Waals surface area (Å²) >= 11 is 0. The molecule has 0 spiro atoms. The van der Waals surface area contributed by atoms with Crippen LogP contribution in [0.5, 0.6) is 0 Å². The molecule has 1 aromatic rings. The predicted molar refractivity (Wildman–Crippen MR) is 71.8 cm³/mol. The van der Waals surface area contributed by atoms with Gasteiger partial charge in [-0.3, -0.25) is 0 Å². The van der Waals surface area contributed by atoms with Crippen molar-refractivity contribution in [1.82, 2.24) is 9.97 Å². The van der Waals surface area contributed by atoms with Crippen LogP contribution in [0.2, 0.25) is 0 Å². The summed E-state index contributed by atoms with van der Waals surface area (Å²) < 4.78 is 37.0. The predicted octanol–water partition coefficient (Wildman–Crippen LogP) is 3.67. The van der Waals surface area contributed by atoms with Crippen molar-refractivity contribution in [2.45, 2.75) is 58.0 Å². The molecule has 1 aromatic heterocycles. The summed E-state index contributed by atoms with van der Waals surface area (Å²) in [7, 11) is 0. The van der Waals surface area contributed by atoms with Crippen molar-refractivity contribution in [2.24, 2.45) is 0 Å². The molecule has 0 saturated heterocycles. The van der Waals surface area contributed by atoms with Crippen LogP contribution in [0, 0.1) is 0 Å². The number of alkyl halides is 3. The Morgan fingerprint density at radius 1 is 1.10 bits per heavy atom. The SMILES string of the molecule is CCNc1nc(CCC(F)(F)F)nc2c1CCCCC2. The summed E-state index contributed by atoms with van der Waals surface area (Å²) in [5.74, 6) is 1.04. The maximum atomic E-state index is 12.3. The maximum absolute atomic E-state index is 12.3. The molecular formula is C14H20F3N3. The number of hydrogen-bond acceptors (Lipinski definition) is 3. The minimum atomic E-state index is -4.16. The molecule has 0 saturated carbocycles. The molecule has 20 heavy (non-hydrogen) atoms. The van der Waals surface area contributed by atoms with Crippen LogP contribution >= 0.6 is 0 Å². The van der Waals surface area contributed by atoms with Crippen LogP contribution < -0.4 is 5.32 Å². The zero-order valence-electron chi connectivity index (χ0n) is 11.7. The van der Waals surface area contributed by atoms with Crippen molar-refractivity contribution >= 4 is 5.82 Å². The Labute approximate surface area is 117 Å². The summed E-state index contributed by atoms with van der Waals surface area (Å²) in [4.78, 5) is 8.67. The largest absolute Gasteiger partial charge is 0.389 e. The molecule has 3 nitrogen and oxygen atoms in total. The number of rotatable bonds is 4. The van der Waals surface area contributed by atoms with E-state index in [0.29, 0.717) is 12.4 Å². The zero-order valence-corrected chi connectivity index (χ0v) is 11.7. The fourth-order valence-corrected chi connectivity index (χ4v) is 2.50. The van der Waals surface area contributed by atoms with E-state index >= 15 is 0 Å². The average Bonchev–Trinajstić information content (AvgIpc) is 2.61. The Morgan fingerprint density at radius 2 is 1.85 bits per heavy atom. The summed E-state index contributed by atoms with van der Waals surface area (Å²) in [6.45, 7) is 2.67. The highest BCUT2D eigenvalue weighted by Crippen LogP contribution is 2.26. The Bertz CT molecular complexity index is 458. The first-order valence-corrected chi connectivity index (χ1v) is 7.19. The quantitative estimate of drug-likeness (QED) is 0.859. The van der Waals surface area contributed by atoms with Crippen LogP contribution in [0.1, 0.15) is 49.7 Å². The van der Waals surface area contributed by atoms with E-state index in [1.54, 1.807) is 0 Å². The monoisotopic (exact) mass is 287 g/mol. The highest BCUT2D eigenvalue weighted by Gasteiger charge is 2.27. The lowest BCUT2D eigenvalue weighted by atomic mass is 10.1.